The maximum Gasteiger partial charge on any atom is 0.0459 e. The van der Waals surface area contributed by atoms with Crippen LogP contribution in [-0.2, 0) is 6.54 Å². The highest BCUT2D eigenvalue weighted by molar-refractivity contribution is 5.84. The Bertz CT molecular complexity index is 699. The number of nitrogens with zero attached hydrogens (tertiary/aromatic N) is 1. The fourth-order valence-electron chi connectivity index (χ4n) is 6.39. The topological polar surface area (TPSA) is 19.0 Å². The lowest BCUT2D eigenvalue weighted by atomic mass is 9.51. The summed E-state index contributed by atoms with van der Waals surface area (Å²) in [6.07, 6.45) is 7.52. The summed E-state index contributed by atoms with van der Waals surface area (Å²) in [7, 11) is 4.39. The summed E-state index contributed by atoms with van der Waals surface area (Å²) >= 11 is 0. The molecule has 0 spiro atoms. The minimum Gasteiger partial charge on any atom is -0.358 e. The van der Waals surface area contributed by atoms with Crippen LogP contribution in [0.2, 0.25) is 0 Å². The monoisotopic (exact) mass is 308 g/mol. The van der Waals surface area contributed by atoms with Gasteiger partial charge in [-0.2, -0.15) is 0 Å². The number of nitrogens with one attached hydrogen (secondary N) is 1. The molecule has 0 saturated heterocycles. The van der Waals surface area contributed by atoms with Crippen LogP contribution in [0.1, 0.15) is 49.3 Å². The summed E-state index contributed by atoms with van der Waals surface area (Å²) in [5.41, 5.74) is 4.50. The van der Waals surface area contributed by atoms with Crippen LogP contribution in [0.5, 0.6) is 0 Å². The lowest BCUT2D eigenvalue weighted by Crippen LogP contribution is -2.44. The molecule has 1 aromatic heterocycles. The molecule has 4 saturated carbocycles. The number of aromatic amines is 1. The zero-order valence-electron chi connectivity index (χ0n) is 14.4. The molecule has 122 valence electrons. The van der Waals surface area contributed by atoms with E-state index in [2.05, 4.69) is 48.2 Å². The van der Waals surface area contributed by atoms with Gasteiger partial charge in [-0.05, 0) is 81.5 Å². The molecule has 23 heavy (non-hydrogen) atoms. The van der Waals surface area contributed by atoms with Gasteiger partial charge in [-0.3, -0.25) is 0 Å². The van der Waals surface area contributed by atoms with Crippen molar-refractivity contribution in [2.75, 3.05) is 14.1 Å². The number of H-pyrrole nitrogens is 1. The molecule has 1 heterocycles. The third kappa shape index (κ3) is 2.18. The van der Waals surface area contributed by atoms with E-state index < -0.39 is 0 Å². The molecule has 6 rings (SSSR count). The molecular weight excluding hydrogens is 280 g/mol. The van der Waals surface area contributed by atoms with Crippen molar-refractivity contribution in [3.05, 3.63) is 35.5 Å². The van der Waals surface area contributed by atoms with Crippen LogP contribution in [0.4, 0.5) is 0 Å². The van der Waals surface area contributed by atoms with Gasteiger partial charge in [-0.15, -0.1) is 0 Å². The van der Waals surface area contributed by atoms with E-state index in [1.807, 2.05) is 0 Å². The first-order valence-electron chi connectivity index (χ1n) is 9.43. The van der Waals surface area contributed by atoms with Crippen molar-refractivity contribution in [3.8, 4) is 0 Å². The fourth-order valence-corrected chi connectivity index (χ4v) is 6.39. The second-order valence-corrected chi connectivity index (χ2v) is 8.76. The largest absolute Gasteiger partial charge is 0.358 e. The molecule has 0 aliphatic heterocycles. The summed E-state index contributed by atoms with van der Waals surface area (Å²) in [4.78, 5) is 6.20. The molecule has 2 aromatic rings. The van der Waals surface area contributed by atoms with E-state index in [0.717, 1.165) is 36.1 Å². The molecule has 1 aromatic carbocycles. The van der Waals surface area contributed by atoms with E-state index in [1.165, 1.54) is 43.0 Å². The maximum atomic E-state index is 3.87. The van der Waals surface area contributed by atoms with Crippen molar-refractivity contribution >= 4 is 10.9 Å². The van der Waals surface area contributed by atoms with Crippen LogP contribution < -0.4 is 0 Å². The molecule has 4 bridgehead atoms. The predicted molar refractivity (Wildman–Crippen MR) is 95.5 cm³/mol. The molecule has 0 atom stereocenters. The Labute approximate surface area is 139 Å². The zero-order chi connectivity index (χ0) is 15.6. The lowest BCUT2D eigenvalue weighted by molar-refractivity contribution is -0.00432. The van der Waals surface area contributed by atoms with Crippen molar-refractivity contribution in [3.63, 3.8) is 0 Å². The number of hydrogen-bond acceptors (Lipinski definition) is 1. The number of fused-ring (bicyclic) bond motifs is 1. The van der Waals surface area contributed by atoms with Crippen molar-refractivity contribution in [2.45, 2.75) is 44.6 Å². The van der Waals surface area contributed by atoms with Crippen molar-refractivity contribution in [2.24, 2.45) is 23.7 Å². The third-order valence-corrected chi connectivity index (χ3v) is 6.88. The molecule has 2 heteroatoms. The van der Waals surface area contributed by atoms with Gasteiger partial charge in [0.15, 0.2) is 0 Å². The van der Waals surface area contributed by atoms with Gasteiger partial charge in [0.1, 0.15) is 0 Å². The van der Waals surface area contributed by atoms with Crippen molar-refractivity contribution in [1.29, 1.82) is 0 Å². The van der Waals surface area contributed by atoms with Crippen LogP contribution >= 0.6 is 0 Å². The number of para-hydroxylation sites is 1. The van der Waals surface area contributed by atoms with Gasteiger partial charge in [0.05, 0.1) is 0 Å². The predicted octanol–water partition coefficient (Wildman–Crippen LogP) is 4.77. The van der Waals surface area contributed by atoms with Crippen LogP contribution in [0.15, 0.2) is 24.3 Å². The van der Waals surface area contributed by atoms with E-state index in [4.69, 9.17) is 0 Å². The van der Waals surface area contributed by atoms with Crippen LogP contribution in [0.3, 0.4) is 0 Å². The molecule has 0 amide bonds. The Morgan fingerprint density at radius 3 is 2.26 bits per heavy atom. The molecule has 2 nitrogen and oxygen atoms in total. The van der Waals surface area contributed by atoms with E-state index in [0.29, 0.717) is 0 Å². The first-order chi connectivity index (χ1) is 11.2. The second-order valence-electron chi connectivity index (χ2n) is 8.76. The number of benzene rings is 1. The highest BCUT2D eigenvalue weighted by Gasteiger charge is 2.49. The van der Waals surface area contributed by atoms with E-state index in [9.17, 15) is 0 Å². The fraction of sp³-hybridized carbons (Fsp3) is 0.619. The SMILES string of the molecule is CN(C)Cc1c(C2C3CC4CC(C3)CC2C4)[nH]c2ccccc12. The van der Waals surface area contributed by atoms with Crippen molar-refractivity contribution < 1.29 is 0 Å². The second kappa shape index (κ2) is 5.11. The Morgan fingerprint density at radius 2 is 1.61 bits per heavy atom. The molecule has 4 aliphatic carbocycles. The van der Waals surface area contributed by atoms with Gasteiger partial charge in [-0.25, -0.2) is 0 Å². The lowest BCUT2D eigenvalue weighted by Gasteiger charge is -2.54. The minimum absolute atomic E-state index is 0.796. The normalized spacial score (nSPS) is 35.5. The maximum absolute atomic E-state index is 3.87. The van der Waals surface area contributed by atoms with Crippen molar-refractivity contribution in [1.82, 2.24) is 9.88 Å². The molecular formula is C21H28N2. The Kier molecular flexibility index (Phi) is 3.13. The first kappa shape index (κ1) is 14.1. The van der Waals surface area contributed by atoms with Gasteiger partial charge < -0.3 is 9.88 Å². The zero-order valence-corrected chi connectivity index (χ0v) is 14.4. The average Bonchev–Trinajstić information content (AvgIpc) is 2.84. The van der Waals surface area contributed by atoms with Gasteiger partial charge in [0.2, 0.25) is 0 Å². The quantitative estimate of drug-likeness (QED) is 0.865. The smallest absolute Gasteiger partial charge is 0.0459 e. The van der Waals surface area contributed by atoms with E-state index >= 15 is 0 Å². The molecule has 1 N–H and O–H groups in total. The highest BCUT2D eigenvalue weighted by atomic mass is 15.1. The number of aromatic nitrogens is 1. The standard InChI is InChI=1S/C21H28N2/c1-23(2)12-18-17-5-3-4-6-19(17)22-21(18)20-15-8-13-7-14(10-15)11-16(20)9-13/h3-6,13-16,20,22H,7-12H2,1-2H3. The van der Waals surface area contributed by atoms with Crippen LogP contribution in [0, 0.1) is 23.7 Å². The van der Waals surface area contributed by atoms with E-state index in [1.54, 1.807) is 11.3 Å². The Balaban J connectivity index is 1.62. The summed E-state index contributed by atoms with van der Waals surface area (Å²) in [5.74, 6) is 4.79. The molecule has 4 fully saturated rings. The highest BCUT2D eigenvalue weighted by Crippen LogP contribution is 2.60. The van der Waals surface area contributed by atoms with Gasteiger partial charge in [0, 0.05) is 29.1 Å². The van der Waals surface area contributed by atoms with Crippen LogP contribution in [0.25, 0.3) is 10.9 Å². The van der Waals surface area contributed by atoms with Gasteiger partial charge in [-0.1, -0.05) is 18.2 Å². The summed E-state index contributed by atoms with van der Waals surface area (Å²) in [6.45, 7) is 1.06. The van der Waals surface area contributed by atoms with Gasteiger partial charge >= 0.3 is 0 Å². The summed E-state index contributed by atoms with van der Waals surface area (Å²) < 4.78 is 0. The number of rotatable bonds is 3. The van der Waals surface area contributed by atoms with Gasteiger partial charge in [0.25, 0.3) is 0 Å². The van der Waals surface area contributed by atoms with Crippen LogP contribution in [-0.4, -0.2) is 24.0 Å². The molecule has 4 aliphatic rings. The molecule has 0 radical (unpaired) electrons. The first-order valence-corrected chi connectivity index (χ1v) is 9.43. The Hall–Kier alpha value is -1.28. The average molecular weight is 308 g/mol. The minimum atomic E-state index is 0.796. The summed E-state index contributed by atoms with van der Waals surface area (Å²) in [5, 5.41) is 1.45. The number of hydrogen-bond donors (Lipinski definition) is 1. The third-order valence-electron chi connectivity index (χ3n) is 6.88. The van der Waals surface area contributed by atoms with E-state index in [-0.39, 0.29) is 0 Å². The Morgan fingerprint density at radius 1 is 0.957 bits per heavy atom. The summed E-state index contributed by atoms with van der Waals surface area (Å²) in [6, 6.07) is 8.92. The molecule has 0 unspecified atom stereocenters.